The summed E-state index contributed by atoms with van der Waals surface area (Å²) in [7, 11) is 0. The molecule has 0 saturated heterocycles. The molecule has 0 aliphatic carbocycles. The number of hydrogen-bond donors (Lipinski definition) is 2. The van der Waals surface area contributed by atoms with Crippen LogP contribution in [0.15, 0.2) is 51.7 Å². The Hall–Kier alpha value is -2.07. The first-order valence-corrected chi connectivity index (χ1v) is 5.21. The van der Waals surface area contributed by atoms with Gasteiger partial charge in [-0.1, -0.05) is 30.3 Å². The van der Waals surface area contributed by atoms with Crippen LogP contribution in [0.5, 0.6) is 5.75 Å². The van der Waals surface area contributed by atoms with Gasteiger partial charge in [-0.2, -0.15) is 0 Å². The summed E-state index contributed by atoms with van der Waals surface area (Å²) in [4.78, 5) is 11.0. The predicted octanol–water partition coefficient (Wildman–Crippen LogP) is 1.62. The number of hydrogen-bond acceptors (Lipinski definition) is 4. The smallest absolute Gasteiger partial charge is 0.339 e. The van der Waals surface area contributed by atoms with Gasteiger partial charge in [0.25, 0.3) is 0 Å². The Morgan fingerprint density at radius 2 is 1.88 bits per heavy atom. The van der Waals surface area contributed by atoms with Crippen LogP contribution in [0.4, 0.5) is 0 Å². The van der Waals surface area contributed by atoms with Gasteiger partial charge in [-0.25, -0.2) is 4.79 Å². The summed E-state index contributed by atoms with van der Waals surface area (Å²) < 4.78 is 4.87. The number of aliphatic hydroxyl groups excluding tert-OH is 1. The normalized spacial score (nSPS) is 12.3. The number of benzene rings is 1. The molecule has 4 nitrogen and oxygen atoms in total. The minimum atomic E-state index is -0.763. The molecule has 0 spiro atoms. The van der Waals surface area contributed by atoms with Gasteiger partial charge in [-0.05, 0) is 5.56 Å². The van der Waals surface area contributed by atoms with Crippen molar-refractivity contribution in [2.45, 2.75) is 12.5 Å². The minimum absolute atomic E-state index is 0.146. The topological polar surface area (TPSA) is 70.7 Å². The van der Waals surface area contributed by atoms with Gasteiger partial charge in [0.1, 0.15) is 11.5 Å². The predicted molar refractivity (Wildman–Crippen MR) is 61.7 cm³/mol. The van der Waals surface area contributed by atoms with Crippen molar-refractivity contribution in [1.29, 1.82) is 0 Å². The average Bonchev–Trinajstić information content (AvgIpc) is 2.28. The second kappa shape index (κ2) is 4.84. The maximum atomic E-state index is 11.0. The Morgan fingerprint density at radius 3 is 2.53 bits per heavy atom. The zero-order chi connectivity index (χ0) is 12.3. The fourth-order valence-corrected chi connectivity index (χ4v) is 1.60. The van der Waals surface area contributed by atoms with E-state index in [0.29, 0.717) is 0 Å². The van der Waals surface area contributed by atoms with Crippen molar-refractivity contribution in [3.05, 3.63) is 64.2 Å². The van der Waals surface area contributed by atoms with Gasteiger partial charge in [0.15, 0.2) is 0 Å². The van der Waals surface area contributed by atoms with Gasteiger partial charge in [0, 0.05) is 12.5 Å². The van der Waals surface area contributed by atoms with Crippen molar-refractivity contribution in [1.82, 2.24) is 0 Å². The maximum Gasteiger partial charge on any atom is 0.339 e. The third-order valence-corrected chi connectivity index (χ3v) is 2.39. The van der Waals surface area contributed by atoms with E-state index in [1.165, 1.54) is 6.07 Å². The highest BCUT2D eigenvalue weighted by atomic mass is 16.4. The van der Waals surface area contributed by atoms with Gasteiger partial charge in [-0.15, -0.1) is 0 Å². The van der Waals surface area contributed by atoms with Crippen LogP contribution < -0.4 is 5.63 Å². The fraction of sp³-hybridized carbons (Fsp3) is 0.154. The first kappa shape index (κ1) is 11.4. The third-order valence-electron chi connectivity index (χ3n) is 2.39. The summed E-state index contributed by atoms with van der Waals surface area (Å²) in [5.41, 5.74) is 0.110. The van der Waals surface area contributed by atoms with Gasteiger partial charge >= 0.3 is 5.63 Å². The summed E-state index contributed by atoms with van der Waals surface area (Å²) in [6.45, 7) is 0. The molecule has 88 valence electrons. The molecular weight excluding hydrogens is 220 g/mol. The summed E-state index contributed by atoms with van der Waals surface area (Å²) in [5.74, 6) is 0.0999. The minimum Gasteiger partial charge on any atom is -0.508 e. The van der Waals surface area contributed by atoms with E-state index >= 15 is 0 Å². The molecule has 1 atom stereocenters. The van der Waals surface area contributed by atoms with E-state index < -0.39 is 11.7 Å². The third kappa shape index (κ3) is 2.95. The fourth-order valence-electron chi connectivity index (χ4n) is 1.60. The summed E-state index contributed by atoms with van der Waals surface area (Å²) in [5, 5.41) is 19.1. The summed E-state index contributed by atoms with van der Waals surface area (Å²) in [6, 6.07) is 11.4. The van der Waals surface area contributed by atoms with Crippen molar-refractivity contribution >= 4 is 0 Å². The lowest BCUT2D eigenvalue weighted by Crippen LogP contribution is -2.05. The molecule has 0 fully saturated rings. The Labute approximate surface area is 97.8 Å². The molecule has 2 aromatic rings. The number of aromatic hydroxyl groups is 1. The van der Waals surface area contributed by atoms with Gasteiger partial charge in [0.05, 0.1) is 12.2 Å². The monoisotopic (exact) mass is 232 g/mol. The zero-order valence-corrected chi connectivity index (χ0v) is 9.04. The van der Waals surface area contributed by atoms with Crippen LogP contribution in [0.2, 0.25) is 0 Å². The lowest BCUT2D eigenvalue weighted by Gasteiger charge is -2.09. The molecular formula is C13H12O4. The van der Waals surface area contributed by atoms with Crippen LogP contribution in [0, 0.1) is 0 Å². The maximum absolute atomic E-state index is 11.0. The second-order valence-electron chi connectivity index (χ2n) is 3.73. The highest BCUT2D eigenvalue weighted by Gasteiger charge is 2.10. The molecule has 1 aromatic heterocycles. The highest BCUT2D eigenvalue weighted by Crippen LogP contribution is 2.18. The van der Waals surface area contributed by atoms with Crippen molar-refractivity contribution in [3.63, 3.8) is 0 Å². The first-order valence-electron chi connectivity index (χ1n) is 5.21. The highest BCUT2D eigenvalue weighted by molar-refractivity contribution is 5.22. The molecule has 1 aromatic carbocycles. The van der Waals surface area contributed by atoms with Crippen LogP contribution in [0.3, 0.4) is 0 Å². The molecule has 2 N–H and O–H groups in total. The van der Waals surface area contributed by atoms with Gasteiger partial charge in [-0.3, -0.25) is 0 Å². The van der Waals surface area contributed by atoms with E-state index in [0.717, 1.165) is 11.6 Å². The standard InChI is InChI=1S/C13H12O4/c14-10-6-11(17-13(16)7-10)8-12(15)9-4-2-1-3-5-9/h1-7,12,14-15H,8H2. The van der Waals surface area contributed by atoms with Crippen LogP contribution >= 0.6 is 0 Å². The van der Waals surface area contributed by atoms with E-state index in [1.54, 1.807) is 12.1 Å². The van der Waals surface area contributed by atoms with Crippen molar-refractivity contribution < 1.29 is 14.6 Å². The Bertz CT molecular complexity index is 545. The molecule has 4 heteroatoms. The molecule has 0 aliphatic rings. The Balaban J connectivity index is 2.18. The SMILES string of the molecule is O=c1cc(O)cc(CC(O)c2ccccc2)o1. The quantitative estimate of drug-likeness (QED) is 0.843. The van der Waals surface area contributed by atoms with E-state index in [2.05, 4.69) is 0 Å². The summed E-state index contributed by atoms with van der Waals surface area (Å²) >= 11 is 0. The Kier molecular flexibility index (Phi) is 3.25. The Morgan fingerprint density at radius 1 is 1.18 bits per heavy atom. The van der Waals surface area contributed by atoms with Crippen LogP contribution in [0.25, 0.3) is 0 Å². The molecule has 0 saturated carbocycles. The van der Waals surface area contributed by atoms with Gasteiger partial charge in [0.2, 0.25) is 0 Å². The lowest BCUT2D eigenvalue weighted by molar-refractivity contribution is 0.168. The largest absolute Gasteiger partial charge is 0.508 e. The first-order chi connectivity index (χ1) is 8.15. The molecule has 0 amide bonds. The molecule has 0 bridgehead atoms. The van der Waals surface area contributed by atoms with E-state index in [-0.39, 0.29) is 17.9 Å². The van der Waals surface area contributed by atoms with Gasteiger partial charge < -0.3 is 14.6 Å². The summed E-state index contributed by atoms with van der Waals surface area (Å²) in [6.07, 6.45) is -0.616. The average molecular weight is 232 g/mol. The van der Waals surface area contributed by atoms with Crippen molar-refractivity contribution in [2.75, 3.05) is 0 Å². The molecule has 1 heterocycles. The van der Waals surface area contributed by atoms with Crippen LogP contribution in [0.1, 0.15) is 17.4 Å². The van der Waals surface area contributed by atoms with Crippen molar-refractivity contribution in [3.8, 4) is 5.75 Å². The van der Waals surface area contributed by atoms with E-state index in [1.807, 2.05) is 18.2 Å². The molecule has 0 aliphatic heterocycles. The number of rotatable bonds is 3. The second-order valence-corrected chi connectivity index (χ2v) is 3.73. The molecule has 1 unspecified atom stereocenters. The van der Waals surface area contributed by atoms with Crippen molar-refractivity contribution in [2.24, 2.45) is 0 Å². The zero-order valence-electron chi connectivity index (χ0n) is 9.04. The van der Waals surface area contributed by atoms with E-state index in [9.17, 15) is 15.0 Å². The molecule has 2 rings (SSSR count). The van der Waals surface area contributed by atoms with Crippen LogP contribution in [-0.2, 0) is 6.42 Å². The van der Waals surface area contributed by atoms with E-state index in [4.69, 9.17) is 4.42 Å². The molecule has 17 heavy (non-hydrogen) atoms. The number of aliphatic hydroxyl groups is 1. The van der Waals surface area contributed by atoms with Crippen LogP contribution in [-0.4, -0.2) is 10.2 Å². The molecule has 0 radical (unpaired) electrons. The lowest BCUT2D eigenvalue weighted by atomic mass is 10.1.